The second kappa shape index (κ2) is 5.19. The first kappa shape index (κ1) is 13.5. The number of hydrogen-bond donors (Lipinski definition) is 2. The molecule has 0 heterocycles. The van der Waals surface area contributed by atoms with Crippen LogP contribution in [0.5, 0.6) is 0 Å². The van der Waals surface area contributed by atoms with Gasteiger partial charge in [0.15, 0.2) is 0 Å². The van der Waals surface area contributed by atoms with Crippen molar-refractivity contribution < 1.29 is 4.79 Å². The van der Waals surface area contributed by atoms with Crippen LogP contribution in [0.3, 0.4) is 0 Å². The summed E-state index contributed by atoms with van der Waals surface area (Å²) >= 11 is 3.28. The molecule has 0 aromatic heterocycles. The van der Waals surface area contributed by atoms with Gasteiger partial charge in [-0.3, -0.25) is 4.79 Å². The maximum atomic E-state index is 11.9. The van der Waals surface area contributed by atoms with Gasteiger partial charge in [-0.05, 0) is 32.0 Å². The Bertz CT molecular complexity index is 477. The molecule has 1 aromatic rings. The molecule has 0 fully saturated rings. The molecular weight excluding hydrogens is 282 g/mol. The highest BCUT2D eigenvalue weighted by Gasteiger charge is 2.19. The predicted molar refractivity (Wildman–Crippen MR) is 70.3 cm³/mol. The lowest BCUT2D eigenvalue weighted by atomic mass is 9.96. The number of anilines is 1. The summed E-state index contributed by atoms with van der Waals surface area (Å²) in [4.78, 5) is 11.9. The van der Waals surface area contributed by atoms with Gasteiger partial charge in [-0.15, -0.1) is 0 Å². The first-order valence-electron chi connectivity index (χ1n) is 5.10. The van der Waals surface area contributed by atoms with Crippen molar-refractivity contribution in [1.82, 2.24) is 5.32 Å². The fourth-order valence-corrected chi connectivity index (χ4v) is 1.52. The van der Waals surface area contributed by atoms with E-state index in [1.54, 1.807) is 32.0 Å². The third kappa shape index (κ3) is 3.75. The minimum absolute atomic E-state index is 0.271. The summed E-state index contributed by atoms with van der Waals surface area (Å²) in [6.07, 6.45) is 0. The average Bonchev–Trinajstić information content (AvgIpc) is 2.29. The van der Waals surface area contributed by atoms with E-state index in [1.807, 2.05) is 0 Å². The molecule has 0 saturated heterocycles. The highest BCUT2D eigenvalue weighted by Crippen LogP contribution is 2.19. The van der Waals surface area contributed by atoms with Gasteiger partial charge < -0.3 is 11.1 Å². The van der Waals surface area contributed by atoms with E-state index in [4.69, 9.17) is 11.0 Å². The number of nitrogen functional groups attached to an aromatic ring is 1. The number of nitrogens with two attached hydrogens (primary N) is 1. The molecule has 0 unspecified atom stereocenters. The lowest BCUT2D eigenvalue weighted by Crippen LogP contribution is -2.33. The zero-order valence-corrected chi connectivity index (χ0v) is 11.3. The van der Waals surface area contributed by atoms with Crippen molar-refractivity contribution in [3.63, 3.8) is 0 Å². The maximum Gasteiger partial charge on any atom is 0.253 e. The number of carbonyl (C=O) groups is 1. The van der Waals surface area contributed by atoms with Crippen molar-refractivity contribution in [2.45, 2.75) is 13.8 Å². The number of amides is 1. The van der Waals surface area contributed by atoms with Crippen LogP contribution in [0, 0.1) is 16.7 Å². The molecule has 0 saturated carbocycles. The van der Waals surface area contributed by atoms with Gasteiger partial charge in [-0.1, -0.05) is 15.9 Å². The number of carbonyl (C=O) groups excluding carboxylic acids is 1. The number of nitrogens with one attached hydrogen (secondary N) is 1. The normalized spacial score (nSPS) is 10.7. The molecule has 0 aliphatic carbocycles. The summed E-state index contributed by atoms with van der Waals surface area (Å²) in [5, 5.41) is 11.5. The van der Waals surface area contributed by atoms with Gasteiger partial charge in [0, 0.05) is 16.7 Å². The Morgan fingerprint density at radius 3 is 2.82 bits per heavy atom. The number of benzene rings is 1. The molecule has 17 heavy (non-hydrogen) atoms. The van der Waals surface area contributed by atoms with Gasteiger partial charge in [-0.25, -0.2) is 0 Å². The lowest BCUT2D eigenvalue weighted by molar-refractivity contribution is 0.0944. The molecule has 1 rings (SSSR count). The first-order chi connectivity index (χ1) is 7.85. The Labute approximate surface area is 109 Å². The third-order valence-corrected chi connectivity index (χ3v) is 2.75. The Kier molecular flexibility index (Phi) is 4.13. The molecule has 0 aliphatic heterocycles. The molecule has 0 aliphatic rings. The fraction of sp³-hybridized carbons (Fsp3) is 0.333. The highest BCUT2D eigenvalue weighted by atomic mass is 79.9. The van der Waals surface area contributed by atoms with Crippen molar-refractivity contribution >= 4 is 27.5 Å². The fourth-order valence-electron chi connectivity index (χ4n) is 1.16. The van der Waals surface area contributed by atoms with Crippen LogP contribution in [0.1, 0.15) is 24.2 Å². The zero-order valence-electron chi connectivity index (χ0n) is 9.75. The Morgan fingerprint density at radius 2 is 2.24 bits per heavy atom. The number of hydrogen-bond acceptors (Lipinski definition) is 3. The Morgan fingerprint density at radius 1 is 1.59 bits per heavy atom. The van der Waals surface area contributed by atoms with Crippen LogP contribution in [0.4, 0.5) is 5.69 Å². The van der Waals surface area contributed by atoms with Crippen molar-refractivity contribution in [3.8, 4) is 6.07 Å². The van der Waals surface area contributed by atoms with E-state index in [0.29, 0.717) is 11.3 Å². The molecule has 5 heteroatoms. The standard InChI is InChI=1S/C12H14BrN3O/c1-12(2,6-14)7-16-11(17)9-5-8(13)3-4-10(9)15/h3-5H,7,15H2,1-2H3,(H,16,17). The molecule has 0 atom stereocenters. The van der Waals surface area contributed by atoms with Crippen molar-refractivity contribution in [3.05, 3.63) is 28.2 Å². The van der Waals surface area contributed by atoms with Crippen LogP contribution >= 0.6 is 15.9 Å². The van der Waals surface area contributed by atoms with Crippen LogP contribution in [0.15, 0.2) is 22.7 Å². The van der Waals surface area contributed by atoms with Crippen LogP contribution in [0.25, 0.3) is 0 Å². The summed E-state index contributed by atoms with van der Waals surface area (Å²) < 4.78 is 0.788. The molecule has 1 amide bonds. The predicted octanol–water partition coefficient (Wildman–Crippen LogP) is 2.31. The molecule has 3 N–H and O–H groups in total. The molecule has 0 radical (unpaired) electrons. The SMILES string of the molecule is CC(C)(C#N)CNC(=O)c1cc(Br)ccc1N. The lowest BCUT2D eigenvalue weighted by Gasteiger charge is -2.16. The van der Waals surface area contributed by atoms with E-state index in [9.17, 15) is 4.79 Å². The zero-order chi connectivity index (χ0) is 13.1. The van der Waals surface area contributed by atoms with Crippen LogP contribution in [0.2, 0.25) is 0 Å². The van der Waals surface area contributed by atoms with Crippen LogP contribution < -0.4 is 11.1 Å². The maximum absolute atomic E-state index is 11.9. The van der Waals surface area contributed by atoms with E-state index in [2.05, 4.69) is 27.3 Å². The molecule has 0 bridgehead atoms. The summed E-state index contributed by atoms with van der Waals surface area (Å²) in [5.41, 5.74) is 5.96. The largest absolute Gasteiger partial charge is 0.398 e. The van der Waals surface area contributed by atoms with Gasteiger partial charge in [0.05, 0.1) is 17.0 Å². The summed E-state index contributed by atoms with van der Waals surface area (Å²) in [5.74, 6) is -0.271. The molecule has 0 spiro atoms. The number of nitriles is 1. The molecule has 4 nitrogen and oxygen atoms in total. The first-order valence-corrected chi connectivity index (χ1v) is 5.89. The monoisotopic (exact) mass is 295 g/mol. The molecule has 1 aromatic carbocycles. The van der Waals surface area contributed by atoms with E-state index in [0.717, 1.165) is 4.47 Å². The number of rotatable bonds is 3. The topological polar surface area (TPSA) is 78.9 Å². The smallest absolute Gasteiger partial charge is 0.253 e. The third-order valence-electron chi connectivity index (χ3n) is 2.25. The van der Waals surface area contributed by atoms with Gasteiger partial charge in [-0.2, -0.15) is 5.26 Å². The van der Waals surface area contributed by atoms with Gasteiger partial charge in [0.2, 0.25) is 0 Å². The van der Waals surface area contributed by atoms with Crippen molar-refractivity contribution in [2.24, 2.45) is 5.41 Å². The van der Waals surface area contributed by atoms with Gasteiger partial charge in [0.25, 0.3) is 5.91 Å². The van der Waals surface area contributed by atoms with E-state index in [1.165, 1.54) is 0 Å². The van der Waals surface area contributed by atoms with Crippen molar-refractivity contribution in [1.29, 1.82) is 5.26 Å². The molecular formula is C12H14BrN3O. The average molecular weight is 296 g/mol. The quantitative estimate of drug-likeness (QED) is 0.840. The molecule has 90 valence electrons. The van der Waals surface area contributed by atoms with Gasteiger partial charge >= 0.3 is 0 Å². The minimum Gasteiger partial charge on any atom is -0.398 e. The summed E-state index contributed by atoms with van der Waals surface area (Å²) in [6, 6.07) is 7.21. The number of halogens is 1. The van der Waals surface area contributed by atoms with E-state index >= 15 is 0 Å². The van der Waals surface area contributed by atoms with Crippen molar-refractivity contribution in [2.75, 3.05) is 12.3 Å². The minimum atomic E-state index is -0.587. The van der Waals surface area contributed by atoms with Crippen LogP contribution in [-0.2, 0) is 0 Å². The second-order valence-electron chi connectivity index (χ2n) is 4.41. The summed E-state index contributed by atoms with van der Waals surface area (Å²) in [7, 11) is 0. The summed E-state index contributed by atoms with van der Waals surface area (Å²) in [6.45, 7) is 3.81. The number of nitrogens with zero attached hydrogens (tertiary/aromatic N) is 1. The second-order valence-corrected chi connectivity index (χ2v) is 5.33. The van der Waals surface area contributed by atoms with E-state index < -0.39 is 5.41 Å². The van der Waals surface area contributed by atoms with Crippen LogP contribution in [-0.4, -0.2) is 12.5 Å². The Hall–Kier alpha value is -1.54. The van der Waals surface area contributed by atoms with Gasteiger partial charge in [0.1, 0.15) is 0 Å². The Balaban J connectivity index is 2.78. The highest BCUT2D eigenvalue weighted by molar-refractivity contribution is 9.10. The van der Waals surface area contributed by atoms with E-state index in [-0.39, 0.29) is 12.5 Å².